The summed E-state index contributed by atoms with van der Waals surface area (Å²) < 4.78 is 14.2. The van der Waals surface area contributed by atoms with Crippen molar-refractivity contribution in [2.75, 3.05) is 19.6 Å². The molecule has 2 aliphatic heterocycles. The molecule has 27 rings (SSSR count). The number of benzene rings is 23. The molecule has 134 heavy (non-hydrogen) atoms. The molecular formula is C128H82N4O2. The fourth-order valence-electron chi connectivity index (χ4n) is 22.9. The number of rotatable bonds is 14. The topological polar surface area (TPSA) is 31.4 Å². The summed E-state index contributed by atoms with van der Waals surface area (Å²) in [5.41, 5.74) is 29.7. The van der Waals surface area contributed by atoms with Gasteiger partial charge in [0.25, 0.3) is 0 Å². The lowest BCUT2D eigenvalue weighted by Crippen LogP contribution is -2.32. The van der Waals surface area contributed by atoms with Crippen molar-refractivity contribution in [3.05, 3.63) is 542 Å². The minimum Gasteiger partial charge on any atom is -0.457 e. The standard InChI is InChI=1S/C128H82N4O2/c1-6-33-83(34-7-1)84-37-32-46-94(73-84)129(90-38-8-2-9-39-90)95-65-70-113-110(79-95)103-51-24-25-54-112(103)127(113)115-55-26-29-58-123(115)134-126-72-67-98(82-119(126)127)132(93-44-14-5-15-45-93)122-77-88-36-17-19-48-100(88)109-75-86(63-68-107(109)122)85-61-62-89-78-121(106-53-23-21-50-102(106)108(89)74-85)130(91-40-10-3-11-41-91)96-66-71-114-111(80-96)104-69-64-97(81-118(104)128(114)116-56-27-30-59-124(116)133-125-60-31-28-57-117(125)128)131(92-42-12-4-13-43-92)120-76-87-35-16-18-47-99(87)101-49-20-22-52-105(101)120/h1-82H. The summed E-state index contributed by atoms with van der Waals surface area (Å²) in [6, 6.07) is 184. The number of fused-ring (bicyclic) bond motifs is 27. The number of nitrogens with zero attached hydrogens (tertiary/aromatic N) is 4. The Morgan fingerprint density at radius 3 is 1.01 bits per heavy atom. The summed E-state index contributed by atoms with van der Waals surface area (Å²) in [7, 11) is 0. The van der Waals surface area contributed by atoms with Crippen molar-refractivity contribution in [1.29, 1.82) is 0 Å². The highest BCUT2D eigenvalue weighted by Gasteiger charge is 2.54. The molecule has 0 radical (unpaired) electrons. The quantitative estimate of drug-likeness (QED) is 0.101. The number of ether oxygens (including phenoxy) is 2. The van der Waals surface area contributed by atoms with Crippen LogP contribution in [0.15, 0.2) is 497 Å². The zero-order chi connectivity index (χ0) is 88.1. The van der Waals surface area contributed by atoms with Gasteiger partial charge < -0.3 is 29.1 Å². The summed E-state index contributed by atoms with van der Waals surface area (Å²) in [5.74, 6) is 3.35. The summed E-state index contributed by atoms with van der Waals surface area (Å²) in [6.07, 6.45) is 0. The molecule has 0 saturated carbocycles. The second kappa shape index (κ2) is 30.5. The Morgan fingerprint density at radius 1 is 0.142 bits per heavy atom. The van der Waals surface area contributed by atoms with Crippen molar-refractivity contribution in [3.63, 3.8) is 0 Å². The van der Waals surface area contributed by atoms with Crippen LogP contribution in [0, 0.1) is 0 Å². The van der Waals surface area contributed by atoms with Crippen LogP contribution >= 0.6 is 0 Å². The van der Waals surface area contributed by atoms with E-state index in [2.05, 4.69) is 517 Å². The molecule has 0 N–H and O–H groups in total. The van der Waals surface area contributed by atoms with Gasteiger partial charge in [-0.3, -0.25) is 0 Å². The molecule has 1 unspecified atom stereocenters. The summed E-state index contributed by atoms with van der Waals surface area (Å²) in [5, 5.41) is 14.0. The van der Waals surface area contributed by atoms with E-state index in [0.717, 1.165) is 168 Å². The summed E-state index contributed by atoms with van der Waals surface area (Å²) in [4.78, 5) is 9.82. The molecule has 6 heteroatoms. The minimum atomic E-state index is -0.781. The summed E-state index contributed by atoms with van der Waals surface area (Å²) in [6.45, 7) is 0. The lowest BCUT2D eigenvalue weighted by atomic mass is 9.66. The van der Waals surface area contributed by atoms with Crippen molar-refractivity contribution < 1.29 is 9.47 Å². The molecule has 0 saturated heterocycles. The molecule has 23 aromatic carbocycles. The van der Waals surface area contributed by atoms with E-state index in [9.17, 15) is 0 Å². The molecule has 0 bridgehead atoms. The predicted molar refractivity (Wildman–Crippen MR) is 556 cm³/mol. The van der Waals surface area contributed by atoms with Crippen molar-refractivity contribution in [3.8, 4) is 67.5 Å². The van der Waals surface area contributed by atoms with Crippen LogP contribution < -0.4 is 29.1 Å². The van der Waals surface area contributed by atoms with Gasteiger partial charge in [0.1, 0.15) is 23.0 Å². The minimum absolute atomic E-state index is 0.777. The monoisotopic (exact) mass is 1710 g/mol. The van der Waals surface area contributed by atoms with Crippen LogP contribution in [0.25, 0.3) is 109 Å². The third-order valence-electron chi connectivity index (χ3n) is 28.6. The average Bonchev–Trinajstić information content (AvgIpc) is 1.51. The average molecular weight is 1710 g/mol. The van der Waals surface area contributed by atoms with Crippen LogP contribution in [0.2, 0.25) is 0 Å². The van der Waals surface area contributed by atoms with Crippen LogP contribution in [0.5, 0.6) is 23.0 Å². The van der Waals surface area contributed by atoms with Crippen molar-refractivity contribution in [2.24, 2.45) is 0 Å². The zero-order valence-corrected chi connectivity index (χ0v) is 72.9. The molecule has 0 fully saturated rings. The highest BCUT2D eigenvalue weighted by Crippen LogP contribution is 2.67. The Labute approximate surface area is 776 Å². The first kappa shape index (κ1) is 76.5. The van der Waals surface area contributed by atoms with E-state index in [-0.39, 0.29) is 0 Å². The SMILES string of the molecule is c1ccc(-c2cccc(N(c3ccccc3)c3ccc4c(c3)-c3ccccc3C43c4ccccc4Oc4ccc(N(c5ccccc5)c5cc6ccccc6c6cc(-c7ccc8cc(N(c9ccccc9)c9ccc%10c(c9)-c9ccc(N(c%11ccccc%11)c%11cc%12ccccc%12c%12ccccc%11%12)cc9C%109c%10ccccc%10Oc%10ccccc%109)c9ccccc9c8c7)ccc56)cc43)c2)cc1. The first-order chi connectivity index (χ1) is 66.4. The highest BCUT2D eigenvalue weighted by atomic mass is 16.5. The van der Waals surface area contributed by atoms with Crippen molar-refractivity contribution in [1.82, 2.24) is 0 Å². The first-order valence-corrected chi connectivity index (χ1v) is 46.2. The van der Waals surface area contributed by atoms with Gasteiger partial charge >= 0.3 is 0 Å². The maximum Gasteiger partial charge on any atom is 0.132 e. The van der Waals surface area contributed by atoms with E-state index in [1.165, 1.54) is 76.8 Å². The van der Waals surface area contributed by atoms with Crippen LogP contribution in [-0.2, 0) is 10.8 Å². The van der Waals surface area contributed by atoms with E-state index in [1.807, 2.05) is 0 Å². The molecule has 23 aromatic rings. The Kier molecular flexibility index (Phi) is 17.4. The van der Waals surface area contributed by atoms with Gasteiger partial charge in [0, 0.05) is 89.6 Å². The maximum absolute atomic E-state index is 7.22. The molecule has 4 aliphatic rings. The molecule has 0 amide bonds. The Bertz CT molecular complexity index is 8690. The molecule has 6 nitrogen and oxygen atoms in total. The van der Waals surface area contributed by atoms with Crippen molar-refractivity contribution in [2.45, 2.75) is 10.8 Å². The van der Waals surface area contributed by atoms with Crippen LogP contribution in [0.3, 0.4) is 0 Å². The van der Waals surface area contributed by atoms with Crippen LogP contribution in [0.4, 0.5) is 68.2 Å². The third-order valence-corrected chi connectivity index (χ3v) is 28.6. The third kappa shape index (κ3) is 11.7. The molecule has 626 valence electrons. The molecule has 2 aliphatic carbocycles. The van der Waals surface area contributed by atoms with Gasteiger partial charge in [-0.25, -0.2) is 0 Å². The second-order valence-corrected chi connectivity index (χ2v) is 35.6. The lowest BCUT2D eigenvalue weighted by molar-refractivity contribution is 0.436. The van der Waals surface area contributed by atoms with Gasteiger partial charge in [-0.2, -0.15) is 0 Å². The van der Waals surface area contributed by atoms with E-state index < -0.39 is 10.8 Å². The zero-order valence-electron chi connectivity index (χ0n) is 72.9. The smallest absolute Gasteiger partial charge is 0.132 e. The Hall–Kier alpha value is -17.6. The van der Waals surface area contributed by atoms with Gasteiger partial charge in [-0.1, -0.05) is 334 Å². The number of hydrogen-bond acceptors (Lipinski definition) is 6. The molecule has 0 aromatic heterocycles. The molecule has 1 atom stereocenters. The maximum atomic E-state index is 7.22. The van der Waals surface area contributed by atoms with Gasteiger partial charge in [-0.15, -0.1) is 0 Å². The largest absolute Gasteiger partial charge is 0.457 e. The predicted octanol–water partition coefficient (Wildman–Crippen LogP) is 34.8. The van der Waals surface area contributed by atoms with Gasteiger partial charge in [-0.05, 0) is 279 Å². The Morgan fingerprint density at radius 2 is 0.470 bits per heavy atom. The number of anilines is 12. The van der Waals surface area contributed by atoms with Gasteiger partial charge in [0.15, 0.2) is 0 Å². The van der Waals surface area contributed by atoms with Gasteiger partial charge in [0.2, 0.25) is 0 Å². The molecule has 2 heterocycles. The number of hydrogen-bond donors (Lipinski definition) is 0. The van der Waals surface area contributed by atoms with E-state index in [4.69, 9.17) is 9.47 Å². The second-order valence-electron chi connectivity index (χ2n) is 35.6. The normalized spacial score (nSPS) is 13.7. The Balaban J connectivity index is 0.591. The first-order valence-electron chi connectivity index (χ1n) is 46.2. The van der Waals surface area contributed by atoms with Gasteiger partial charge in [0.05, 0.1) is 27.9 Å². The fourth-order valence-corrected chi connectivity index (χ4v) is 22.9. The van der Waals surface area contributed by atoms with E-state index in [0.29, 0.717) is 0 Å². The lowest BCUT2D eigenvalue weighted by Gasteiger charge is -2.40. The highest BCUT2D eigenvalue weighted by molar-refractivity contribution is 6.19. The van der Waals surface area contributed by atoms with E-state index in [1.54, 1.807) is 0 Å². The van der Waals surface area contributed by atoms with Crippen LogP contribution in [0.1, 0.15) is 44.5 Å². The molecule has 2 spiro atoms. The fraction of sp³-hybridized carbons (Fsp3) is 0.0156. The number of para-hydroxylation sites is 7. The molecular weight excluding hydrogens is 1630 g/mol. The van der Waals surface area contributed by atoms with E-state index >= 15 is 0 Å². The summed E-state index contributed by atoms with van der Waals surface area (Å²) >= 11 is 0. The van der Waals surface area contributed by atoms with Crippen molar-refractivity contribution >= 4 is 133 Å². The van der Waals surface area contributed by atoms with Crippen LogP contribution in [-0.4, -0.2) is 0 Å².